The van der Waals surface area contributed by atoms with E-state index in [1.165, 1.54) is 0 Å². The minimum Gasteiger partial charge on any atom is -0.338 e. The lowest BCUT2D eigenvalue weighted by atomic mass is 9.82. The summed E-state index contributed by atoms with van der Waals surface area (Å²) in [7, 11) is -1.32. The Balaban J connectivity index is 1.60. The van der Waals surface area contributed by atoms with Crippen LogP contribution in [-0.2, 0) is 4.74 Å². The average molecular weight is 529 g/mol. The number of benzene rings is 4. The van der Waals surface area contributed by atoms with E-state index < -0.39 is 18.9 Å². The first-order valence-corrected chi connectivity index (χ1v) is 14.5. The Morgan fingerprint density at radius 1 is 0.718 bits per heavy atom. The Kier molecular flexibility index (Phi) is 6.30. The maximum absolute atomic E-state index is 14.6. The van der Waals surface area contributed by atoms with Gasteiger partial charge < -0.3 is 4.74 Å². The van der Waals surface area contributed by atoms with Crippen molar-refractivity contribution in [2.75, 3.05) is 0 Å². The van der Waals surface area contributed by atoms with E-state index >= 15 is 0 Å². The van der Waals surface area contributed by atoms with Crippen molar-refractivity contribution in [2.24, 2.45) is 0 Å². The molecule has 3 nitrogen and oxygen atoms in total. The van der Waals surface area contributed by atoms with Crippen LogP contribution in [0.15, 0.2) is 127 Å². The molecular formula is C35H29O3P. The highest BCUT2D eigenvalue weighted by Gasteiger charge is 2.79. The molecule has 2 aliphatic rings. The van der Waals surface area contributed by atoms with E-state index in [1.807, 2.05) is 118 Å². The number of ketones is 2. The third-order valence-electron chi connectivity index (χ3n) is 7.60. The molecule has 0 amide bonds. The van der Waals surface area contributed by atoms with Crippen molar-refractivity contribution in [2.45, 2.75) is 31.7 Å². The lowest BCUT2D eigenvalue weighted by Crippen LogP contribution is -2.41. The van der Waals surface area contributed by atoms with Gasteiger partial charge in [-0.05, 0) is 56.5 Å². The maximum atomic E-state index is 14.6. The van der Waals surface area contributed by atoms with E-state index in [0.717, 1.165) is 27.3 Å². The molecule has 0 aromatic heterocycles. The minimum absolute atomic E-state index is 0.0866. The van der Waals surface area contributed by atoms with E-state index in [1.54, 1.807) is 0 Å². The van der Waals surface area contributed by atoms with Crippen LogP contribution in [0.25, 0.3) is 0 Å². The predicted molar refractivity (Wildman–Crippen MR) is 159 cm³/mol. The van der Waals surface area contributed by atoms with Gasteiger partial charge in [0.05, 0.1) is 0 Å². The first-order chi connectivity index (χ1) is 18.9. The molecule has 2 atom stereocenters. The molecule has 4 aromatic carbocycles. The van der Waals surface area contributed by atoms with E-state index in [-0.39, 0.29) is 11.6 Å². The highest BCUT2D eigenvalue weighted by atomic mass is 31.1. The topological polar surface area (TPSA) is 46.7 Å². The fourth-order valence-corrected chi connectivity index (χ4v) is 9.11. The molecule has 4 heteroatoms. The lowest BCUT2D eigenvalue weighted by Gasteiger charge is -2.31. The number of aryl methyl sites for hydroxylation is 3. The van der Waals surface area contributed by atoms with Crippen LogP contribution in [0.4, 0.5) is 0 Å². The predicted octanol–water partition coefficient (Wildman–Crippen LogP) is 6.77. The van der Waals surface area contributed by atoms with E-state index in [9.17, 15) is 9.59 Å². The van der Waals surface area contributed by atoms with Gasteiger partial charge in [0.15, 0.2) is 16.7 Å². The Bertz CT molecular complexity index is 1580. The van der Waals surface area contributed by atoms with Gasteiger partial charge in [-0.25, -0.2) is 0 Å². The number of carbonyl (C=O) groups excluding carboxylic acids is 2. The summed E-state index contributed by atoms with van der Waals surface area (Å²) in [5.74, 6) is -0.217. The van der Waals surface area contributed by atoms with E-state index in [0.29, 0.717) is 16.7 Å². The maximum Gasteiger partial charge on any atom is 0.202 e. The largest absolute Gasteiger partial charge is 0.338 e. The molecule has 0 bridgehead atoms. The third-order valence-corrected chi connectivity index (χ3v) is 10.5. The van der Waals surface area contributed by atoms with Crippen molar-refractivity contribution in [1.82, 2.24) is 0 Å². The van der Waals surface area contributed by atoms with Crippen LogP contribution in [0, 0.1) is 20.8 Å². The molecule has 1 saturated heterocycles. The van der Waals surface area contributed by atoms with Crippen molar-refractivity contribution in [3.05, 3.63) is 155 Å². The van der Waals surface area contributed by atoms with Crippen LogP contribution in [0.2, 0.25) is 0 Å². The monoisotopic (exact) mass is 528 g/mol. The van der Waals surface area contributed by atoms with Crippen molar-refractivity contribution in [3.63, 3.8) is 0 Å². The molecule has 0 saturated carbocycles. The van der Waals surface area contributed by atoms with Crippen molar-refractivity contribution >= 4 is 30.1 Å². The van der Waals surface area contributed by atoms with Gasteiger partial charge in [0.25, 0.3) is 0 Å². The summed E-state index contributed by atoms with van der Waals surface area (Å²) in [6, 6.07) is 33.6. The number of rotatable bonds is 7. The Morgan fingerprint density at radius 3 is 1.77 bits per heavy atom. The quantitative estimate of drug-likeness (QED) is 0.151. The van der Waals surface area contributed by atoms with E-state index in [2.05, 4.69) is 24.3 Å². The highest BCUT2D eigenvalue weighted by Crippen LogP contribution is 2.73. The molecule has 0 N–H and O–H groups in total. The molecule has 1 fully saturated rings. The van der Waals surface area contributed by atoms with Gasteiger partial charge in [-0.2, -0.15) is 0 Å². The molecular weight excluding hydrogens is 499 g/mol. The highest BCUT2D eigenvalue weighted by molar-refractivity contribution is 7.75. The van der Waals surface area contributed by atoms with Gasteiger partial charge in [0, 0.05) is 16.7 Å². The smallest absolute Gasteiger partial charge is 0.202 e. The summed E-state index contributed by atoms with van der Waals surface area (Å²) >= 11 is 0. The lowest BCUT2D eigenvalue weighted by molar-refractivity contribution is 0.0909. The Morgan fingerprint density at radius 2 is 1.23 bits per heavy atom. The minimum atomic E-state index is -1.32. The van der Waals surface area contributed by atoms with Gasteiger partial charge in [-0.15, -0.1) is 0 Å². The van der Waals surface area contributed by atoms with Gasteiger partial charge in [-0.3, -0.25) is 9.59 Å². The first-order valence-electron chi connectivity index (χ1n) is 13.1. The number of epoxide rings is 1. The molecule has 4 aromatic rings. The van der Waals surface area contributed by atoms with Crippen LogP contribution in [0.3, 0.4) is 0 Å². The summed E-state index contributed by atoms with van der Waals surface area (Å²) in [5, 5.41) is 0.952. The summed E-state index contributed by atoms with van der Waals surface area (Å²) in [4.78, 5) is 28.9. The molecule has 1 aliphatic carbocycles. The third kappa shape index (κ3) is 3.97. The zero-order valence-electron chi connectivity index (χ0n) is 22.2. The van der Waals surface area contributed by atoms with Gasteiger partial charge >= 0.3 is 0 Å². The number of hydrogen-bond acceptors (Lipinski definition) is 3. The molecule has 2 unspecified atom stereocenters. The van der Waals surface area contributed by atoms with Crippen LogP contribution in [0.5, 0.6) is 0 Å². The number of fused-ring (bicyclic) bond motifs is 1. The number of hydrogen-bond donors (Lipinski definition) is 0. The van der Waals surface area contributed by atoms with E-state index in [4.69, 9.17) is 4.74 Å². The fraction of sp³-hybridized carbons (Fsp3) is 0.143. The first kappa shape index (κ1) is 25.4. The molecule has 1 aliphatic heterocycles. The molecule has 6 rings (SSSR count). The number of Topliss-reactive ketones (excluding diaryl/α,β-unsaturated/α-hetero) is 2. The number of allylic oxidation sites excluding steroid dienone is 2. The molecule has 1 heterocycles. The van der Waals surface area contributed by atoms with Gasteiger partial charge in [0.1, 0.15) is 0 Å². The van der Waals surface area contributed by atoms with Crippen molar-refractivity contribution in [1.29, 1.82) is 0 Å². The van der Waals surface area contributed by atoms with Gasteiger partial charge in [-0.1, -0.05) is 121 Å². The SMILES string of the molecule is Cc1cc(C)c(C(=O)C2=CC=CC3(C(=O)c4ccccc4)OC23P(c2ccccc2)c2ccccc2)c(C)c1. The summed E-state index contributed by atoms with van der Waals surface area (Å²) in [6.07, 6.45) is 5.54. The molecule has 0 spiro atoms. The summed E-state index contributed by atoms with van der Waals surface area (Å²) in [6.45, 7) is 5.99. The van der Waals surface area contributed by atoms with Crippen LogP contribution in [-0.4, -0.2) is 22.5 Å². The zero-order valence-corrected chi connectivity index (χ0v) is 23.1. The normalized spacial score (nSPS) is 21.3. The Labute approximate surface area is 230 Å². The Hall–Kier alpha value is -3.91. The zero-order chi connectivity index (χ0) is 27.2. The second-order valence-corrected chi connectivity index (χ2v) is 12.6. The van der Waals surface area contributed by atoms with Crippen molar-refractivity contribution in [3.8, 4) is 0 Å². The second-order valence-electron chi connectivity index (χ2n) is 10.2. The van der Waals surface area contributed by atoms with Crippen molar-refractivity contribution < 1.29 is 14.3 Å². The molecule has 192 valence electrons. The average Bonchev–Trinajstić information content (AvgIpc) is 3.65. The molecule has 0 radical (unpaired) electrons. The standard InChI is InChI=1S/C35H29O3P/c1-24-22-25(2)31(26(3)23-24)32(36)30-20-13-21-34(33(37)27-14-7-4-8-15-27)35(30,38-34)39(28-16-9-5-10-17-28)29-18-11-6-12-19-29/h4-23H,1-3H3. The van der Waals surface area contributed by atoms with Crippen LogP contribution < -0.4 is 10.6 Å². The number of carbonyl (C=O) groups is 2. The molecule has 39 heavy (non-hydrogen) atoms. The second kappa shape index (κ2) is 9.68. The fourth-order valence-electron chi connectivity index (χ4n) is 5.98. The van der Waals surface area contributed by atoms with Crippen LogP contribution >= 0.6 is 7.92 Å². The number of ether oxygens (including phenoxy) is 1. The van der Waals surface area contributed by atoms with Gasteiger partial charge in [0.2, 0.25) is 5.78 Å². The summed E-state index contributed by atoms with van der Waals surface area (Å²) < 4.78 is 6.80. The summed E-state index contributed by atoms with van der Waals surface area (Å²) in [5.41, 5.74) is 3.45. The van der Waals surface area contributed by atoms with Crippen LogP contribution in [0.1, 0.15) is 37.4 Å².